The number of rotatable bonds is 14. The lowest BCUT2D eigenvalue weighted by atomic mass is 9.82. The normalized spacial score (nSPS) is 20.7. The molecular weight excluding hydrogens is 633 g/mol. The summed E-state index contributed by atoms with van der Waals surface area (Å²) in [6, 6.07) is 3.55. The van der Waals surface area contributed by atoms with Crippen LogP contribution in [0.5, 0.6) is 5.75 Å². The second-order valence-corrected chi connectivity index (χ2v) is 13.3. The number of hydrogen-bond donors (Lipinski definition) is 2. The highest BCUT2D eigenvalue weighted by Crippen LogP contribution is 2.43. The van der Waals surface area contributed by atoms with E-state index in [9.17, 15) is 9.59 Å². The zero-order valence-electron chi connectivity index (χ0n) is 25.4. The number of hydrogen-bond acceptors (Lipinski definition) is 14. The van der Waals surface area contributed by atoms with Gasteiger partial charge in [-0.15, -0.1) is 20.4 Å². The fourth-order valence-corrected chi connectivity index (χ4v) is 7.04. The molecule has 2 saturated heterocycles. The van der Waals surface area contributed by atoms with E-state index in [1.54, 1.807) is 24.5 Å². The Bertz CT molecular complexity index is 1550. The first-order valence-electron chi connectivity index (χ1n) is 15.3. The van der Waals surface area contributed by atoms with Crippen LogP contribution in [0.15, 0.2) is 35.1 Å². The molecule has 0 aromatic carbocycles. The largest absolute Gasteiger partial charge is 0.485 e. The molecule has 3 aliphatic rings. The van der Waals surface area contributed by atoms with Gasteiger partial charge < -0.3 is 29.6 Å². The summed E-state index contributed by atoms with van der Waals surface area (Å²) in [4.78, 5) is 34.0. The van der Waals surface area contributed by atoms with Crippen LogP contribution in [0.3, 0.4) is 0 Å². The van der Waals surface area contributed by atoms with E-state index in [0.29, 0.717) is 60.4 Å². The lowest BCUT2D eigenvalue weighted by Gasteiger charge is -2.26. The van der Waals surface area contributed by atoms with Crippen molar-refractivity contribution >= 4 is 51.0 Å². The van der Waals surface area contributed by atoms with Crippen LogP contribution >= 0.6 is 22.7 Å². The van der Waals surface area contributed by atoms with Crippen molar-refractivity contribution in [3.63, 3.8) is 0 Å². The summed E-state index contributed by atoms with van der Waals surface area (Å²) in [7, 11) is 0. The number of amides is 2. The van der Waals surface area contributed by atoms with E-state index in [4.69, 9.17) is 18.9 Å². The third kappa shape index (κ3) is 8.97. The van der Waals surface area contributed by atoms with Crippen LogP contribution in [-0.4, -0.2) is 88.7 Å². The Hall–Kier alpha value is -3.70. The van der Waals surface area contributed by atoms with Crippen molar-refractivity contribution in [1.29, 1.82) is 0 Å². The lowest BCUT2D eigenvalue weighted by molar-refractivity contribution is -0.123. The van der Waals surface area contributed by atoms with E-state index in [-0.39, 0.29) is 48.7 Å². The molecule has 16 heteroatoms. The fraction of sp³-hybridized carbons (Fsp3) is 0.533. The number of aliphatic imine (C=N–C) groups is 1. The maximum absolute atomic E-state index is 12.7. The molecular formula is C30H36N8O6S2. The molecule has 0 spiro atoms. The molecule has 0 radical (unpaired) electrons. The van der Waals surface area contributed by atoms with Crippen LogP contribution < -0.4 is 15.4 Å². The van der Waals surface area contributed by atoms with Gasteiger partial charge in [0.1, 0.15) is 28.0 Å². The molecule has 3 aromatic heterocycles. The van der Waals surface area contributed by atoms with Gasteiger partial charge >= 0.3 is 0 Å². The zero-order valence-corrected chi connectivity index (χ0v) is 27.1. The minimum absolute atomic E-state index is 0.0453. The maximum Gasteiger partial charge on any atom is 0.232 e. The van der Waals surface area contributed by atoms with Crippen molar-refractivity contribution in [2.75, 3.05) is 43.7 Å². The summed E-state index contributed by atoms with van der Waals surface area (Å²) in [5.41, 5.74) is 1.24. The Morgan fingerprint density at radius 2 is 1.65 bits per heavy atom. The Morgan fingerprint density at radius 3 is 2.28 bits per heavy atom. The van der Waals surface area contributed by atoms with Gasteiger partial charge in [0, 0.05) is 36.0 Å². The van der Waals surface area contributed by atoms with Crippen LogP contribution in [0.4, 0.5) is 10.3 Å². The van der Waals surface area contributed by atoms with Crippen LogP contribution in [0.1, 0.15) is 66.6 Å². The van der Waals surface area contributed by atoms with Gasteiger partial charge in [-0.2, -0.15) is 0 Å². The zero-order chi connectivity index (χ0) is 31.7. The van der Waals surface area contributed by atoms with Gasteiger partial charge in [-0.05, 0) is 38.3 Å². The smallest absolute Gasteiger partial charge is 0.232 e. The first-order chi connectivity index (χ1) is 22.5. The van der Waals surface area contributed by atoms with E-state index >= 15 is 0 Å². The fourth-order valence-electron chi connectivity index (χ4n) is 5.22. The molecule has 5 heterocycles. The molecule has 6 rings (SSSR count). The highest BCUT2D eigenvalue weighted by Gasteiger charge is 2.30. The van der Waals surface area contributed by atoms with Crippen LogP contribution in [-0.2, 0) is 30.2 Å². The first-order valence-corrected chi connectivity index (χ1v) is 17.0. The van der Waals surface area contributed by atoms with Crippen LogP contribution in [0, 0.1) is 0 Å². The lowest BCUT2D eigenvalue weighted by Crippen LogP contribution is -2.38. The summed E-state index contributed by atoms with van der Waals surface area (Å²) in [6.07, 6.45) is 9.28. The number of carbonyl (C=O) groups excluding carboxylic acids is 2. The minimum Gasteiger partial charge on any atom is -0.485 e. The van der Waals surface area contributed by atoms with Crippen LogP contribution in [0.2, 0.25) is 0 Å². The highest BCUT2D eigenvalue weighted by atomic mass is 32.1. The predicted octanol–water partition coefficient (Wildman–Crippen LogP) is 3.90. The molecule has 1 saturated carbocycles. The number of pyridine rings is 1. The van der Waals surface area contributed by atoms with Gasteiger partial charge in [-0.3, -0.25) is 19.6 Å². The van der Waals surface area contributed by atoms with Gasteiger partial charge in [0.25, 0.3) is 0 Å². The molecule has 2 aliphatic heterocycles. The molecule has 3 fully saturated rings. The van der Waals surface area contributed by atoms with E-state index in [1.807, 2.05) is 13.0 Å². The van der Waals surface area contributed by atoms with Crippen molar-refractivity contribution in [2.45, 2.75) is 69.5 Å². The Morgan fingerprint density at radius 1 is 0.978 bits per heavy atom. The summed E-state index contributed by atoms with van der Waals surface area (Å²) in [6.45, 7) is 4.53. The molecule has 2 N–H and O–H groups in total. The molecule has 244 valence electrons. The number of aromatic nitrogens is 5. The molecule has 0 unspecified atom stereocenters. The van der Waals surface area contributed by atoms with Crippen molar-refractivity contribution < 1.29 is 28.5 Å². The van der Waals surface area contributed by atoms with E-state index < -0.39 is 0 Å². The van der Waals surface area contributed by atoms with Crippen molar-refractivity contribution in [3.8, 4) is 5.75 Å². The van der Waals surface area contributed by atoms with Crippen molar-refractivity contribution in [3.05, 3.63) is 45.8 Å². The summed E-state index contributed by atoms with van der Waals surface area (Å²) < 4.78 is 21.7. The van der Waals surface area contributed by atoms with Gasteiger partial charge in [0.05, 0.1) is 51.6 Å². The SMILES string of the molecule is CC=N/C(=C\COC1COC1)CC(=O)Nc1nnc([C@H]2CCC[C@H](c3nnc(NC(=O)Cc4cc(OC5COC5)ccn4)s3)C2)s1. The van der Waals surface area contributed by atoms with Gasteiger partial charge in [-0.25, -0.2) is 0 Å². The van der Waals surface area contributed by atoms with Gasteiger partial charge in [-0.1, -0.05) is 29.1 Å². The third-order valence-corrected chi connectivity index (χ3v) is 9.68. The van der Waals surface area contributed by atoms with Gasteiger partial charge in [0.2, 0.25) is 22.1 Å². The number of nitrogens with zero attached hydrogens (tertiary/aromatic N) is 6. The Balaban J connectivity index is 0.979. The third-order valence-electron chi connectivity index (χ3n) is 7.68. The van der Waals surface area contributed by atoms with E-state index in [2.05, 4.69) is 41.0 Å². The molecule has 2 atom stereocenters. The van der Waals surface area contributed by atoms with E-state index in [1.165, 1.54) is 22.7 Å². The number of anilines is 2. The minimum atomic E-state index is -0.217. The Labute approximate surface area is 274 Å². The number of carbonyl (C=O) groups is 2. The van der Waals surface area contributed by atoms with Crippen molar-refractivity contribution in [1.82, 2.24) is 25.4 Å². The van der Waals surface area contributed by atoms with E-state index in [0.717, 1.165) is 35.7 Å². The number of ether oxygens (including phenoxy) is 4. The molecule has 1 aliphatic carbocycles. The molecule has 14 nitrogen and oxygen atoms in total. The summed E-state index contributed by atoms with van der Waals surface area (Å²) in [5, 5.41) is 25.7. The van der Waals surface area contributed by atoms with Gasteiger partial charge in [0.15, 0.2) is 0 Å². The molecule has 3 aromatic rings. The summed E-state index contributed by atoms with van der Waals surface area (Å²) >= 11 is 2.80. The first kappa shape index (κ1) is 32.2. The molecule has 0 bridgehead atoms. The summed E-state index contributed by atoms with van der Waals surface area (Å²) in [5.74, 6) is 0.639. The predicted molar refractivity (Wildman–Crippen MR) is 172 cm³/mol. The average molecular weight is 669 g/mol. The second kappa shape index (κ2) is 15.7. The topological polar surface area (TPSA) is 172 Å². The quantitative estimate of drug-likeness (QED) is 0.239. The second-order valence-electron chi connectivity index (χ2n) is 11.2. The average Bonchev–Trinajstić information content (AvgIpc) is 3.66. The monoisotopic (exact) mass is 668 g/mol. The molecule has 46 heavy (non-hydrogen) atoms. The standard InChI is InChI=1S/C30H36N8O6S2/c1-2-31-20(7-9-43-23-14-41-15-23)12-25(39)33-29-37-35-27(45-29)18-4-3-5-19(10-18)28-36-38-30(46-28)34-26(40)13-21-11-22(6-8-32-21)44-24-16-42-17-24/h2,6-8,11,18-19,23-24H,3-5,9-10,12-17H2,1H3,(H,33,37,39)(H,34,38,40)/b20-7-,31-2?/t18-,19-/m0/s1. The molecule has 2 amide bonds. The van der Waals surface area contributed by atoms with Crippen LogP contribution in [0.25, 0.3) is 0 Å². The highest BCUT2D eigenvalue weighted by molar-refractivity contribution is 7.15. The Kier molecular flexibility index (Phi) is 11.0. The van der Waals surface area contributed by atoms with Crippen molar-refractivity contribution in [2.24, 2.45) is 4.99 Å². The maximum atomic E-state index is 12.7. The number of nitrogens with one attached hydrogen (secondary N) is 2.